The quantitative estimate of drug-likeness (QED) is 0.640. The van der Waals surface area contributed by atoms with Crippen LogP contribution in [0.15, 0.2) is 23.8 Å². The highest BCUT2D eigenvalue weighted by Gasteiger charge is 2.58. The molecule has 24 heavy (non-hydrogen) atoms. The molecule has 0 heterocycles. The summed E-state index contributed by atoms with van der Waals surface area (Å²) in [7, 11) is 0. The molecule has 4 aliphatic carbocycles. The van der Waals surface area contributed by atoms with Crippen molar-refractivity contribution in [2.45, 2.75) is 72.1 Å². The van der Waals surface area contributed by atoms with Crippen LogP contribution in [0.3, 0.4) is 0 Å². The van der Waals surface area contributed by atoms with Crippen LogP contribution in [0.1, 0.15) is 72.1 Å². The number of aliphatic hydroxyl groups is 1. The largest absolute Gasteiger partial charge is 0.396 e. The first kappa shape index (κ1) is 16.9. The van der Waals surface area contributed by atoms with Crippen LogP contribution in [-0.4, -0.2) is 11.7 Å². The molecule has 0 radical (unpaired) electrons. The smallest absolute Gasteiger partial charge is 0.0462 e. The minimum atomic E-state index is 0.377. The van der Waals surface area contributed by atoms with Crippen molar-refractivity contribution in [2.24, 2.45) is 40.4 Å². The minimum absolute atomic E-state index is 0.377. The fourth-order valence-electron chi connectivity index (χ4n) is 7.70. The Morgan fingerprint density at radius 3 is 2.67 bits per heavy atom. The van der Waals surface area contributed by atoms with E-state index in [0.29, 0.717) is 23.4 Å². The maximum atomic E-state index is 9.60. The SMILES string of the molecule is C=C(C)C1CCC2C3CC=C4CC(CO)CCC4(C)C3CCC12C. The van der Waals surface area contributed by atoms with E-state index in [1.165, 1.54) is 50.5 Å². The maximum absolute atomic E-state index is 9.60. The summed E-state index contributed by atoms with van der Waals surface area (Å²) in [6.45, 7) is 12.1. The lowest BCUT2D eigenvalue weighted by atomic mass is 9.47. The zero-order valence-corrected chi connectivity index (χ0v) is 16.0. The van der Waals surface area contributed by atoms with Gasteiger partial charge in [-0.3, -0.25) is 0 Å². The standard InChI is InChI=1S/C23H36O/c1-15(2)19-7-8-20-18-6-5-17-13-16(14-24)9-11-22(17,3)21(18)10-12-23(19,20)4/h5,16,18-21,24H,1,6-14H2,2-4H3. The van der Waals surface area contributed by atoms with Crippen LogP contribution in [-0.2, 0) is 0 Å². The van der Waals surface area contributed by atoms with Crippen molar-refractivity contribution in [2.75, 3.05) is 6.61 Å². The van der Waals surface area contributed by atoms with Gasteiger partial charge in [0, 0.05) is 6.61 Å². The third-order valence-corrected chi connectivity index (χ3v) is 9.06. The van der Waals surface area contributed by atoms with Gasteiger partial charge >= 0.3 is 0 Å². The molecule has 0 aliphatic heterocycles. The van der Waals surface area contributed by atoms with E-state index >= 15 is 0 Å². The van der Waals surface area contributed by atoms with Crippen molar-refractivity contribution in [1.29, 1.82) is 0 Å². The van der Waals surface area contributed by atoms with Gasteiger partial charge in [-0.25, -0.2) is 0 Å². The maximum Gasteiger partial charge on any atom is 0.0462 e. The van der Waals surface area contributed by atoms with Crippen LogP contribution < -0.4 is 0 Å². The van der Waals surface area contributed by atoms with E-state index in [-0.39, 0.29) is 0 Å². The first-order chi connectivity index (χ1) is 11.4. The molecule has 7 unspecified atom stereocenters. The molecule has 1 heteroatoms. The van der Waals surface area contributed by atoms with E-state index in [1.807, 2.05) is 0 Å². The Morgan fingerprint density at radius 2 is 1.96 bits per heavy atom. The molecule has 0 bridgehead atoms. The van der Waals surface area contributed by atoms with Gasteiger partial charge in [0.25, 0.3) is 0 Å². The number of rotatable bonds is 2. The Hall–Kier alpha value is -0.560. The highest BCUT2D eigenvalue weighted by Crippen LogP contribution is 2.67. The van der Waals surface area contributed by atoms with Gasteiger partial charge < -0.3 is 5.11 Å². The Kier molecular flexibility index (Phi) is 4.03. The summed E-state index contributed by atoms with van der Waals surface area (Å²) < 4.78 is 0. The zero-order valence-electron chi connectivity index (χ0n) is 16.0. The fourth-order valence-corrected chi connectivity index (χ4v) is 7.70. The van der Waals surface area contributed by atoms with Crippen molar-refractivity contribution in [1.82, 2.24) is 0 Å². The Bertz CT molecular complexity index is 560. The first-order valence-electron chi connectivity index (χ1n) is 10.4. The highest BCUT2D eigenvalue weighted by atomic mass is 16.3. The van der Waals surface area contributed by atoms with Crippen LogP contribution in [0.5, 0.6) is 0 Å². The Morgan fingerprint density at radius 1 is 1.17 bits per heavy atom. The summed E-state index contributed by atoms with van der Waals surface area (Å²) in [5, 5.41) is 9.60. The van der Waals surface area contributed by atoms with Crippen LogP contribution in [0.2, 0.25) is 0 Å². The van der Waals surface area contributed by atoms with Gasteiger partial charge in [0.15, 0.2) is 0 Å². The molecule has 3 fully saturated rings. The second-order valence-electron chi connectivity index (χ2n) is 10.1. The lowest BCUT2D eigenvalue weighted by Gasteiger charge is -2.58. The molecule has 1 nitrogen and oxygen atoms in total. The molecule has 0 amide bonds. The molecule has 4 rings (SSSR count). The summed E-state index contributed by atoms with van der Waals surface area (Å²) in [5.41, 5.74) is 4.07. The van der Waals surface area contributed by atoms with E-state index < -0.39 is 0 Å². The molecule has 3 saturated carbocycles. The summed E-state index contributed by atoms with van der Waals surface area (Å²) >= 11 is 0. The average molecular weight is 329 g/mol. The van der Waals surface area contributed by atoms with Gasteiger partial charge in [0.05, 0.1) is 0 Å². The lowest BCUT2D eigenvalue weighted by molar-refractivity contribution is -0.0410. The summed E-state index contributed by atoms with van der Waals surface area (Å²) in [6, 6.07) is 0. The van der Waals surface area contributed by atoms with Crippen molar-refractivity contribution in [3.8, 4) is 0 Å². The molecule has 0 aromatic heterocycles. The van der Waals surface area contributed by atoms with Gasteiger partial charge in [0.2, 0.25) is 0 Å². The van der Waals surface area contributed by atoms with E-state index in [0.717, 1.165) is 30.1 Å². The zero-order chi connectivity index (χ0) is 17.1. The monoisotopic (exact) mass is 328 g/mol. The number of fused-ring (bicyclic) bond motifs is 5. The molecular weight excluding hydrogens is 292 g/mol. The first-order valence-corrected chi connectivity index (χ1v) is 10.4. The predicted octanol–water partition coefficient (Wildman–Crippen LogP) is 5.75. The fraction of sp³-hybridized carbons (Fsp3) is 0.826. The molecule has 0 spiro atoms. The highest BCUT2D eigenvalue weighted by molar-refractivity contribution is 5.26. The van der Waals surface area contributed by atoms with Crippen molar-refractivity contribution >= 4 is 0 Å². The summed E-state index contributed by atoms with van der Waals surface area (Å²) in [5.74, 6) is 3.97. The molecule has 0 aromatic rings. The molecule has 4 aliphatic rings. The van der Waals surface area contributed by atoms with E-state index in [9.17, 15) is 5.11 Å². The summed E-state index contributed by atoms with van der Waals surface area (Å²) in [4.78, 5) is 0. The van der Waals surface area contributed by atoms with Gasteiger partial charge in [-0.2, -0.15) is 0 Å². The summed E-state index contributed by atoms with van der Waals surface area (Å²) in [6.07, 6.45) is 13.2. The van der Waals surface area contributed by atoms with Crippen LogP contribution in [0.25, 0.3) is 0 Å². The van der Waals surface area contributed by atoms with Crippen LogP contribution >= 0.6 is 0 Å². The van der Waals surface area contributed by atoms with Crippen LogP contribution in [0, 0.1) is 40.4 Å². The third kappa shape index (κ3) is 2.23. The van der Waals surface area contributed by atoms with E-state index in [4.69, 9.17) is 0 Å². The van der Waals surface area contributed by atoms with E-state index in [2.05, 4.69) is 33.4 Å². The van der Waals surface area contributed by atoms with Gasteiger partial charge in [-0.15, -0.1) is 0 Å². The van der Waals surface area contributed by atoms with Gasteiger partial charge in [0.1, 0.15) is 0 Å². The topological polar surface area (TPSA) is 20.2 Å². The van der Waals surface area contributed by atoms with Crippen molar-refractivity contribution in [3.05, 3.63) is 23.8 Å². The van der Waals surface area contributed by atoms with E-state index in [1.54, 1.807) is 5.57 Å². The molecule has 7 atom stereocenters. The number of hydrogen-bond acceptors (Lipinski definition) is 1. The van der Waals surface area contributed by atoms with Gasteiger partial charge in [-0.05, 0) is 98.7 Å². The minimum Gasteiger partial charge on any atom is -0.396 e. The van der Waals surface area contributed by atoms with Gasteiger partial charge in [-0.1, -0.05) is 37.6 Å². The van der Waals surface area contributed by atoms with Crippen LogP contribution in [0.4, 0.5) is 0 Å². The van der Waals surface area contributed by atoms with Crippen molar-refractivity contribution in [3.63, 3.8) is 0 Å². The Balaban J connectivity index is 1.63. The lowest BCUT2D eigenvalue weighted by Crippen LogP contribution is -2.50. The van der Waals surface area contributed by atoms with Crippen molar-refractivity contribution < 1.29 is 5.11 Å². The average Bonchev–Trinajstić information content (AvgIpc) is 2.91. The number of hydrogen-bond donors (Lipinski definition) is 1. The molecule has 0 aromatic carbocycles. The third-order valence-electron chi connectivity index (χ3n) is 9.06. The predicted molar refractivity (Wildman–Crippen MR) is 101 cm³/mol. The molecule has 1 N–H and O–H groups in total. The molecular formula is C23H36O. The second-order valence-corrected chi connectivity index (χ2v) is 10.1. The number of allylic oxidation sites excluding steroid dienone is 3. The molecule has 134 valence electrons. The second kappa shape index (κ2) is 5.73. The number of aliphatic hydroxyl groups excluding tert-OH is 1. The molecule has 0 saturated heterocycles. The Labute approximate surface area is 148 Å². The normalized spacial score (nSPS) is 50.5.